The Hall–Kier alpha value is -0.440. The van der Waals surface area contributed by atoms with Crippen LogP contribution in [-0.2, 0) is 12.2 Å². The van der Waals surface area contributed by atoms with Crippen molar-refractivity contribution in [3.05, 3.63) is 17.2 Å². The van der Waals surface area contributed by atoms with Crippen molar-refractivity contribution in [2.45, 2.75) is 31.9 Å². The maximum atomic E-state index is 4.57. The van der Waals surface area contributed by atoms with Crippen LogP contribution < -0.4 is 0 Å². The van der Waals surface area contributed by atoms with Crippen molar-refractivity contribution >= 4 is 11.8 Å². The van der Waals surface area contributed by atoms with E-state index in [1.165, 1.54) is 23.6 Å². The van der Waals surface area contributed by atoms with Crippen LogP contribution in [-0.4, -0.2) is 15.7 Å². The Balaban J connectivity index is 2.32. The zero-order valence-corrected chi connectivity index (χ0v) is 8.37. The van der Waals surface area contributed by atoms with Gasteiger partial charge in [-0.05, 0) is 12.2 Å². The predicted molar refractivity (Wildman–Crippen MR) is 52.5 cm³/mol. The fraction of sp³-hybridized carbons (Fsp3) is 0.667. The molecule has 0 aliphatic carbocycles. The standard InChI is InChI=1S/C9H14N2S/c1-6(2)9-10-7-3-4-12-5-8(7)11-9/h6H,3-5H2,1-2H3,(H,10,11). The molecule has 0 saturated heterocycles. The lowest BCUT2D eigenvalue weighted by Gasteiger charge is -2.07. The first-order chi connectivity index (χ1) is 5.77. The molecule has 2 heterocycles. The normalized spacial score (nSPS) is 16.6. The maximum Gasteiger partial charge on any atom is 0.109 e. The Kier molecular flexibility index (Phi) is 2.13. The van der Waals surface area contributed by atoms with Crippen LogP contribution in [0.25, 0.3) is 0 Å². The van der Waals surface area contributed by atoms with Crippen molar-refractivity contribution in [2.75, 3.05) is 5.75 Å². The van der Waals surface area contributed by atoms with E-state index >= 15 is 0 Å². The summed E-state index contributed by atoms with van der Waals surface area (Å²) in [6.07, 6.45) is 1.17. The second-order valence-corrected chi connectivity index (χ2v) is 4.61. The Morgan fingerprint density at radius 1 is 1.50 bits per heavy atom. The molecule has 1 N–H and O–H groups in total. The third kappa shape index (κ3) is 1.38. The summed E-state index contributed by atoms with van der Waals surface area (Å²) in [7, 11) is 0. The van der Waals surface area contributed by atoms with E-state index in [4.69, 9.17) is 0 Å². The van der Waals surface area contributed by atoms with E-state index in [0.717, 1.165) is 11.6 Å². The SMILES string of the molecule is CC(C)c1nc2c([nH]1)CCSC2. The lowest BCUT2D eigenvalue weighted by Crippen LogP contribution is -2.00. The highest BCUT2D eigenvalue weighted by Gasteiger charge is 2.15. The highest BCUT2D eigenvalue weighted by molar-refractivity contribution is 7.98. The number of aromatic amines is 1. The zero-order valence-electron chi connectivity index (χ0n) is 7.55. The van der Waals surface area contributed by atoms with Crippen LogP contribution in [0.4, 0.5) is 0 Å². The molecule has 2 nitrogen and oxygen atoms in total. The van der Waals surface area contributed by atoms with Crippen LogP contribution in [0.2, 0.25) is 0 Å². The summed E-state index contributed by atoms with van der Waals surface area (Å²) in [4.78, 5) is 7.98. The lowest BCUT2D eigenvalue weighted by atomic mass is 10.2. The molecule has 1 aromatic heterocycles. The quantitative estimate of drug-likeness (QED) is 0.722. The first-order valence-corrected chi connectivity index (χ1v) is 5.58. The van der Waals surface area contributed by atoms with E-state index in [1.807, 2.05) is 11.8 Å². The number of thioether (sulfide) groups is 1. The summed E-state index contributed by atoms with van der Waals surface area (Å²) < 4.78 is 0. The second kappa shape index (κ2) is 3.13. The maximum absolute atomic E-state index is 4.57. The van der Waals surface area contributed by atoms with Gasteiger partial charge >= 0.3 is 0 Å². The Bertz CT molecular complexity index is 255. The van der Waals surface area contributed by atoms with Gasteiger partial charge in [-0.1, -0.05) is 13.8 Å². The summed E-state index contributed by atoms with van der Waals surface area (Å²) >= 11 is 1.98. The predicted octanol–water partition coefficient (Wildman–Crippen LogP) is 2.32. The highest BCUT2D eigenvalue weighted by Crippen LogP contribution is 2.24. The number of H-pyrrole nitrogens is 1. The average molecular weight is 182 g/mol. The lowest BCUT2D eigenvalue weighted by molar-refractivity contribution is 0.788. The number of fused-ring (bicyclic) bond motifs is 1. The van der Waals surface area contributed by atoms with Gasteiger partial charge in [-0.2, -0.15) is 11.8 Å². The third-order valence-corrected chi connectivity index (χ3v) is 3.14. The van der Waals surface area contributed by atoms with Crippen LogP contribution >= 0.6 is 11.8 Å². The fourth-order valence-corrected chi connectivity index (χ4v) is 2.34. The van der Waals surface area contributed by atoms with E-state index in [-0.39, 0.29) is 0 Å². The van der Waals surface area contributed by atoms with Gasteiger partial charge in [0.25, 0.3) is 0 Å². The van der Waals surface area contributed by atoms with Crippen molar-refractivity contribution in [3.8, 4) is 0 Å². The average Bonchev–Trinajstić information content (AvgIpc) is 2.46. The van der Waals surface area contributed by atoms with Gasteiger partial charge in [-0.15, -0.1) is 0 Å². The van der Waals surface area contributed by atoms with Crippen LogP contribution in [0.3, 0.4) is 0 Å². The van der Waals surface area contributed by atoms with Crippen molar-refractivity contribution in [3.63, 3.8) is 0 Å². The molecule has 0 unspecified atom stereocenters. The number of rotatable bonds is 1. The van der Waals surface area contributed by atoms with E-state index in [1.54, 1.807) is 0 Å². The number of nitrogens with zero attached hydrogens (tertiary/aromatic N) is 1. The summed E-state index contributed by atoms with van der Waals surface area (Å²) in [5.41, 5.74) is 2.66. The van der Waals surface area contributed by atoms with Gasteiger partial charge in [-0.25, -0.2) is 4.98 Å². The van der Waals surface area contributed by atoms with Crippen LogP contribution in [0.1, 0.15) is 37.0 Å². The summed E-state index contributed by atoms with van der Waals surface area (Å²) in [6.45, 7) is 4.36. The Labute approximate surface area is 77.2 Å². The number of aromatic nitrogens is 2. The monoisotopic (exact) mass is 182 g/mol. The molecule has 0 radical (unpaired) electrons. The molecule has 66 valence electrons. The highest BCUT2D eigenvalue weighted by atomic mass is 32.2. The minimum atomic E-state index is 0.528. The van der Waals surface area contributed by atoms with Gasteiger partial charge in [0.15, 0.2) is 0 Å². The van der Waals surface area contributed by atoms with E-state index in [9.17, 15) is 0 Å². The van der Waals surface area contributed by atoms with Gasteiger partial charge in [0.1, 0.15) is 5.82 Å². The molecule has 0 atom stereocenters. The molecule has 1 aliphatic rings. The molecule has 2 rings (SSSR count). The Morgan fingerprint density at radius 2 is 2.33 bits per heavy atom. The molecule has 0 fully saturated rings. The molecular weight excluding hydrogens is 168 g/mol. The van der Waals surface area contributed by atoms with Crippen molar-refractivity contribution in [1.82, 2.24) is 9.97 Å². The van der Waals surface area contributed by atoms with Crippen LogP contribution in [0, 0.1) is 0 Å². The van der Waals surface area contributed by atoms with Crippen molar-refractivity contribution in [2.24, 2.45) is 0 Å². The molecule has 0 aromatic carbocycles. The first kappa shape index (κ1) is 8.17. The number of nitrogens with one attached hydrogen (secondary N) is 1. The summed E-state index contributed by atoms with van der Waals surface area (Å²) in [5.74, 6) is 4.02. The van der Waals surface area contributed by atoms with Gasteiger partial charge in [0, 0.05) is 17.4 Å². The number of hydrogen-bond donors (Lipinski definition) is 1. The number of aryl methyl sites for hydroxylation is 1. The summed E-state index contributed by atoms with van der Waals surface area (Å²) in [6, 6.07) is 0. The topological polar surface area (TPSA) is 28.7 Å². The van der Waals surface area contributed by atoms with E-state index < -0.39 is 0 Å². The second-order valence-electron chi connectivity index (χ2n) is 3.50. The molecule has 0 bridgehead atoms. The van der Waals surface area contributed by atoms with Crippen molar-refractivity contribution < 1.29 is 0 Å². The van der Waals surface area contributed by atoms with Crippen LogP contribution in [0.5, 0.6) is 0 Å². The smallest absolute Gasteiger partial charge is 0.109 e. The molecule has 1 aromatic rings. The Morgan fingerprint density at radius 3 is 3.00 bits per heavy atom. The number of hydrogen-bond acceptors (Lipinski definition) is 2. The first-order valence-electron chi connectivity index (χ1n) is 4.43. The molecule has 0 saturated carbocycles. The van der Waals surface area contributed by atoms with Gasteiger partial charge in [0.2, 0.25) is 0 Å². The largest absolute Gasteiger partial charge is 0.345 e. The molecule has 3 heteroatoms. The summed E-state index contributed by atoms with van der Waals surface area (Å²) in [5, 5.41) is 0. The fourth-order valence-electron chi connectivity index (χ4n) is 1.41. The van der Waals surface area contributed by atoms with E-state index in [2.05, 4.69) is 23.8 Å². The molecule has 0 spiro atoms. The molecule has 12 heavy (non-hydrogen) atoms. The van der Waals surface area contributed by atoms with Gasteiger partial charge in [-0.3, -0.25) is 0 Å². The molecular formula is C9H14N2S. The molecule has 0 amide bonds. The van der Waals surface area contributed by atoms with E-state index in [0.29, 0.717) is 5.92 Å². The zero-order chi connectivity index (χ0) is 8.55. The van der Waals surface area contributed by atoms with Crippen LogP contribution in [0.15, 0.2) is 0 Å². The third-order valence-electron chi connectivity index (χ3n) is 2.16. The van der Waals surface area contributed by atoms with Gasteiger partial charge < -0.3 is 4.98 Å². The minimum absolute atomic E-state index is 0.528. The van der Waals surface area contributed by atoms with Crippen molar-refractivity contribution in [1.29, 1.82) is 0 Å². The van der Waals surface area contributed by atoms with Gasteiger partial charge in [0.05, 0.1) is 5.69 Å². The number of imidazole rings is 1. The minimum Gasteiger partial charge on any atom is -0.345 e. The molecule has 1 aliphatic heterocycles.